The molecule has 1 heterocycles. The Morgan fingerprint density at radius 3 is 2.41 bits per heavy atom. The van der Waals surface area contributed by atoms with E-state index in [0.29, 0.717) is 11.3 Å². The van der Waals surface area contributed by atoms with Crippen molar-refractivity contribution >= 4 is 21.6 Å². The van der Waals surface area contributed by atoms with Crippen LogP contribution in [-0.4, -0.2) is 81.6 Å². The summed E-state index contributed by atoms with van der Waals surface area (Å²) in [4.78, 5) is 16.8. The van der Waals surface area contributed by atoms with Gasteiger partial charge >= 0.3 is 0 Å². The van der Waals surface area contributed by atoms with E-state index in [1.165, 1.54) is 23.5 Å². The second-order valence-corrected chi connectivity index (χ2v) is 11.0. The van der Waals surface area contributed by atoms with Gasteiger partial charge in [-0.15, -0.1) is 0 Å². The number of rotatable bonds is 7. The second-order valence-electron chi connectivity index (χ2n) is 8.94. The molecule has 3 atom stereocenters. The summed E-state index contributed by atoms with van der Waals surface area (Å²) >= 11 is 0. The Labute approximate surface area is 200 Å². The number of aliphatic hydroxyl groups is 1. The molecule has 0 bridgehead atoms. The molecule has 0 spiro atoms. The minimum absolute atomic E-state index is 0.0170. The lowest BCUT2D eigenvalue weighted by atomic mass is 9.99. The van der Waals surface area contributed by atoms with Gasteiger partial charge < -0.3 is 19.6 Å². The third kappa shape index (κ3) is 5.34. The number of amides is 1. The number of hydrogen-bond donors (Lipinski definition) is 1. The van der Waals surface area contributed by atoms with Crippen LogP contribution in [0.25, 0.3) is 0 Å². The van der Waals surface area contributed by atoms with Gasteiger partial charge in [0.1, 0.15) is 17.7 Å². The Kier molecular flexibility index (Phi) is 7.84. The molecular weight excluding hydrogens is 461 g/mol. The monoisotopic (exact) mass is 493 g/mol. The van der Waals surface area contributed by atoms with Crippen molar-refractivity contribution in [2.75, 3.05) is 45.7 Å². The number of anilines is 1. The van der Waals surface area contributed by atoms with E-state index in [-0.39, 0.29) is 36.4 Å². The van der Waals surface area contributed by atoms with Crippen molar-refractivity contribution in [2.45, 2.75) is 30.9 Å². The quantitative estimate of drug-likeness (QED) is 0.637. The van der Waals surface area contributed by atoms with Gasteiger partial charge in [-0.05, 0) is 49.4 Å². The normalized spacial score (nSPS) is 19.8. The van der Waals surface area contributed by atoms with E-state index in [1.807, 2.05) is 32.0 Å². The number of fused-ring (bicyclic) bond motifs is 1. The molecule has 34 heavy (non-hydrogen) atoms. The minimum atomic E-state index is -3.88. The molecule has 3 rings (SSSR count). The van der Waals surface area contributed by atoms with Crippen molar-refractivity contribution in [3.63, 3.8) is 0 Å². The maximum atomic E-state index is 13.4. The van der Waals surface area contributed by atoms with Gasteiger partial charge in [0.2, 0.25) is 10.0 Å². The maximum Gasteiger partial charge on any atom is 0.258 e. The van der Waals surface area contributed by atoms with Crippen LogP contribution in [0.3, 0.4) is 0 Å². The van der Waals surface area contributed by atoms with Gasteiger partial charge in [0.05, 0.1) is 29.7 Å². The SMILES string of the molecule is C[C@@H]1CN([C@@H](C)CO)C(=O)c2cc(N(C)C)ccc2O[C@H]1CN(C)S(=O)(=O)c1ccc(F)cc1. The molecule has 1 aliphatic heterocycles. The lowest BCUT2D eigenvalue weighted by molar-refractivity contribution is 0.0387. The van der Waals surface area contributed by atoms with Crippen LogP contribution in [-0.2, 0) is 10.0 Å². The van der Waals surface area contributed by atoms with Crippen LogP contribution in [0.2, 0.25) is 0 Å². The summed E-state index contributed by atoms with van der Waals surface area (Å²) in [6.45, 7) is 3.74. The zero-order valence-corrected chi connectivity index (χ0v) is 20.9. The van der Waals surface area contributed by atoms with Gasteiger partial charge in [-0.2, -0.15) is 4.31 Å². The molecule has 10 heteroatoms. The number of likely N-dealkylation sites (N-methyl/N-ethyl adjacent to an activating group) is 1. The van der Waals surface area contributed by atoms with Crippen molar-refractivity contribution in [2.24, 2.45) is 5.92 Å². The van der Waals surface area contributed by atoms with E-state index in [9.17, 15) is 22.7 Å². The molecule has 0 fully saturated rings. The molecule has 2 aromatic rings. The summed E-state index contributed by atoms with van der Waals surface area (Å²) < 4.78 is 46.8. The fraction of sp³-hybridized carbons (Fsp3) is 0.458. The van der Waals surface area contributed by atoms with Crippen LogP contribution >= 0.6 is 0 Å². The topological polar surface area (TPSA) is 90.4 Å². The summed E-state index contributed by atoms with van der Waals surface area (Å²) in [6, 6.07) is 9.52. The first-order chi connectivity index (χ1) is 15.9. The van der Waals surface area contributed by atoms with E-state index in [0.717, 1.165) is 17.8 Å². The van der Waals surface area contributed by atoms with E-state index >= 15 is 0 Å². The highest BCUT2D eigenvalue weighted by Crippen LogP contribution is 2.31. The molecule has 0 aromatic heterocycles. The summed E-state index contributed by atoms with van der Waals surface area (Å²) in [5, 5.41) is 9.76. The van der Waals surface area contributed by atoms with Gasteiger partial charge in [-0.3, -0.25) is 4.79 Å². The zero-order valence-electron chi connectivity index (χ0n) is 20.1. The van der Waals surface area contributed by atoms with E-state index in [2.05, 4.69) is 0 Å². The van der Waals surface area contributed by atoms with Crippen LogP contribution < -0.4 is 9.64 Å². The minimum Gasteiger partial charge on any atom is -0.488 e. The Hall–Kier alpha value is -2.69. The van der Waals surface area contributed by atoms with Crippen LogP contribution in [0.15, 0.2) is 47.4 Å². The lowest BCUT2D eigenvalue weighted by Crippen LogP contribution is -2.50. The van der Waals surface area contributed by atoms with Crippen LogP contribution in [0.5, 0.6) is 5.75 Å². The average molecular weight is 494 g/mol. The number of hydrogen-bond acceptors (Lipinski definition) is 6. The van der Waals surface area contributed by atoms with Crippen molar-refractivity contribution in [3.8, 4) is 5.75 Å². The van der Waals surface area contributed by atoms with Gasteiger partial charge in [-0.25, -0.2) is 12.8 Å². The van der Waals surface area contributed by atoms with Gasteiger partial charge in [0.25, 0.3) is 5.91 Å². The third-order valence-corrected chi connectivity index (χ3v) is 7.96. The van der Waals surface area contributed by atoms with Crippen molar-refractivity contribution in [3.05, 3.63) is 53.8 Å². The first kappa shape index (κ1) is 25.9. The predicted octanol–water partition coefficient (Wildman–Crippen LogP) is 2.43. The number of carbonyl (C=O) groups is 1. The van der Waals surface area contributed by atoms with Gasteiger partial charge in [0.15, 0.2) is 0 Å². The molecule has 0 saturated heterocycles. The van der Waals surface area contributed by atoms with Crippen LogP contribution in [0.1, 0.15) is 24.2 Å². The molecular formula is C24H32FN3O5S. The highest BCUT2D eigenvalue weighted by atomic mass is 32.2. The highest BCUT2D eigenvalue weighted by Gasteiger charge is 2.35. The molecule has 186 valence electrons. The van der Waals surface area contributed by atoms with Crippen molar-refractivity contribution < 1.29 is 27.4 Å². The number of sulfonamides is 1. The van der Waals surface area contributed by atoms with Crippen LogP contribution in [0.4, 0.5) is 10.1 Å². The molecule has 2 aromatic carbocycles. The molecule has 0 unspecified atom stereocenters. The number of ether oxygens (including phenoxy) is 1. The zero-order chi connectivity index (χ0) is 25.2. The van der Waals surface area contributed by atoms with Crippen molar-refractivity contribution in [1.29, 1.82) is 0 Å². The largest absolute Gasteiger partial charge is 0.488 e. The summed E-state index contributed by atoms with van der Waals surface area (Å²) in [6.07, 6.45) is -0.578. The lowest BCUT2D eigenvalue weighted by Gasteiger charge is -2.38. The summed E-state index contributed by atoms with van der Waals surface area (Å²) in [5.41, 5.74) is 1.17. The standard InChI is InChI=1S/C24H32FN3O5S/c1-16-13-28(17(2)15-29)24(30)21-12-19(26(3)4)8-11-22(21)33-23(16)14-27(5)34(31,32)20-9-6-18(25)7-10-20/h6-12,16-17,23,29H,13-15H2,1-5H3/t16-,17+,23+/m1/s1. The molecule has 1 aliphatic rings. The van der Waals surface area contributed by atoms with E-state index in [1.54, 1.807) is 24.0 Å². The molecule has 1 N–H and O–H groups in total. The van der Waals surface area contributed by atoms with Crippen molar-refractivity contribution in [1.82, 2.24) is 9.21 Å². The number of halogens is 1. The Balaban J connectivity index is 1.97. The smallest absolute Gasteiger partial charge is 0.258 e. The molecule has 0 radical (unpaired) electrons. The highest BCUT2D eigenvalue weighted by molar-refractivity contribution is 7.89. The molecule has 0 aliphatic carbocycles. The molecule has 8 nitrogen and oxygen atoms in total. The Bertz CT molecular complexity index is 1120. The Morgan fingerprint density at radius 1 is 1.18 bits per heavy atom. The molecule has 1 amide bonds. The number of aliphatic hydroxyl groups excluding tert-OH is 1. The fourth-order valence-electron chi connectivity index (χ4n) is 3.84. The third-order valence-electron chi connectivity index (χ3n) is 6.12. The maximum absolute atomic E-state index is 13.4. The van der Waals surface area contributed by atoms with Gasteiger partial charge in [-0.1, -0.05) is 6.92 Å². The first-order valence-corrected chi connectivity index (χ1v) is 12.5. The second kappa shape index (κ2) is 10.3. The number of carbonyl (C=O) groups excluding carboxylic acids is 1. The predicted molar refractivity (Wildman–Crippen MR) is 128 cm³/mol. The van der Waals surface area contributed by atoms with E-state index < -0.39 is 28.0 Å². The van der Waals surface area contributed by atoms with E-state index in [4.69, 9.17) is 4.74 Å². The van der Waals surface area contributed by atoms with Gasteiger partial charge in [0, 0.05) is 39.3 Å². The average Bonchev–Trinajstić information content (AvgIpc) is 2.80. The van der Waals surface area contributed by atoms with Crippen LogP contribution in [0, 0.1) is 11.7 Å². The Morgan fingerprint density at radius 2 is 1.82 bits per heavy atom. The summed E-state index contributed by atoms with van der Waals surface area (Å²) in [5.74, 6) is -0.659. The molecule has 0 saturated carbocycles. The fourth-order valence-corrected chi connectivity index (χ4v) is 5.03. The summed E-state index contributed by atoms with van der Waals surface area (Å²) in [7, 11) is 1.30. The number of nitrogens with zero attached hydrogens (tertiary/aromatic N) is 3. The number of benzene rings is 2. The first-order valence-electron chi connectivity index (χ1n) is 11.1.